The van der Waals surface area contributed by atoms with Gasteiger partial charge in [0.05, 0.1) is 0 Å². The van der Waals surface area contributed by atoms with Gasteiger partial charge in [-0.15, -0.1) is 0 Å². The first-order valence-corrected chi connectivity index (χ1v) is 6.83. The molecule has 3 nitrogen and oxygen atoms in total. The van der Waals surface area contributed by atoms with Gasteiger partial charge in [-0.2, -0.15) is 0 Å². The molecule has 0 aliphatic rings. The standard InChI is InChI=1S/C17H18FNO2/c1-12(2)13-3-7-15(8-4-13)19-17(20)11-21-16-9-5-14(18)6-10-16/h3-10,12H,11H2,1-2H3,(H,19,20). The molecule has 110 valence electrons. The van der Waals surface area contributed by atoms with Crippen LogP contribution in [-0.2, 0) is 4.79 Å². The zero-order valence-electron chi connectivity index (χ0n) is 12.1. The summed E-state index contributed by atoms with van der Waals surface area (Å²) in [6, 6.07) is 13.3. The number of ether oxygens (including phenoxy) is 1. The Labute approximate surface area is 123 Å². The van der Waals surface area contributed by atoms with Crippen molar-refractivity contribution in [3.05, 3.63) is 59.9 Å². The molecule has 0 unspecified atom stereocenters. The van der Waals surface area contributed by atoms with E-state index in [-0.39, 0.29) is 18.3 Å². The third-order valence-electron chi connectivity index (χ3n) is 3.04. The monoisotopic (exact) mass is 287 g/mol. The fraction of sp³-hybridized carbons (Fsp3) is 0.235. The molecule has 0 saturated heterocycles. The number of amides is 1. The summed E-state index contributed by atoms with van der Waals surface area (Å²) in [5.74, 6) is 0.326. The largest absolute Gasteiger partial charge is 0.484 e. The van der Waals surface area contributed by atoms with E-state index in [1.165, 1.54) is 29.8 Å². The fourth-order valence-electron chi connectivity index (χ4n) is 1.83. The van der Waals surface area contributed by atoms with E-state index in [1.54, 1.807) is 0 Å². The molecule has 2 rings (SSSR count). The minimum absolute atomic E-state index is 0.114. The van der Waals surface area contributed by atoms with Crippen molar-refractivity contribution in [2.24, 2.45) is 0 Å². The number of halogens is 1. The van der Waals surface area contributed by atoms with Crippen molar-refractivity contribution in [3.8, 4) is 5.75 Å². The number of carbonyl (C=O) groups is 1. The molecule has 0 aliphatic carbocycles. The predicted octanol–water partition coefficient (Wildman–Crippen LogP) is 3.97. The van der Waals surface area contributed by atoms with Crippen molar-refractivity contribution in [2.45, 2.75) is 19.8 Å². The van der Waals surface area contributed by atoms with Gasteiger partial charge in [0.25, 0.3) is 5.91 Å². The maximum absolute atomic E-state index is 12.7. The van der Waals surface area contributed by atoms with Crippen LogP contribution >= 0.6 is 0 Å². The molecular formula is C17H18FNO2. The van der Waals surface area contributed by atoms with Gasteiger partial charge >= 0.3 is 0 Å². The Balaban J connectivity index is 1.85. The lowest BCUT2D eigenvalue weighted by Crippen LogP contribution is -2.20. The third-order valence-corrected chi connectivity index (χ3v) is 3.04. The summed E-state index contributed by atoms with van der Waals surface area (Å²) in [6.07, 6.45) is 0. The quantitative estimate of drug-likeness (QED) is 0.903. The van der Waals surface area contributed by atoms with E-state index in [0.717, 1.165) is 5.69 Å². The summed E-state index contributed by atoms with van der Waals surface area (Å²) in [5, 5.41) is 2.75. The molecule has 0 aliphatic heterocycles. The topological polar surface area (TPSA) is 38.3 Å². The number of nitrogens with one attached hydrogen (secondary N) is 1. The van der Waals surface area contributed by atoms with Crippen LogP contribution in [0.5, 0.6) is 5.75 Å². The maximum atomic E-state index is 12.7. The van der Waals surface area contributed by atoms with Crippen LogP contribution in [0.25, 0.3) is 0 Å². The predicted molar refractivity (Wildman–Crippen MR) is 81.1 cm³/mol. The molecule has 0 bridgehead atoms. The van der Waals surface area contributed by atoms with Crippen LogP contribution < -0.4 is 10.1 Å². The van der Waals surface area contributed by atoms with Crippen LogP contribution in [0.1, 0.15) is 25.3 Å². The van der Waals surface area contributed by atoms with Crippen LogP contribution in [0.2, 0.25) is 0 Å². The molecule has 0 aromatic heterocycles. The average Bonchev–Trinajstić information content (AvgIpc) is 2.47. The zero-order valence-corrected chi connectivity index (χ0v) is 12.1. The molecule has 2 aromatic carbocycles. The smallest absolute Gasteiger partial charge is 0.262 e. The SMILES string of the molecule is CC(C)c1ccc(NC(=O)COc2ccc(F)cc2)cc1. The second-order valence-corrected chi connectivity index (χ2v) is 5.07. The van der Waals surface area contributed by atoms with Gasteiger partial charge in [0.2, 0.25) is 0 Å². The molecule has 2 aromatic rings. The van der Waals surface area contributed by atoms with E-state index in [2.05, 4.69) is 19.2 Å². The molecule has 21 heavy (non-hydrogen) atoms. The third kappa shape index (κ3) is 4.60. The summed E-state index contributed by atoms with van der Waals surface area (Å²) < 4.78 is 18.0. The lowest BCUT2D eigenvalue weighted by Gasteiger charge is -2.09. The van der Waals surface area contributed by atoms with Gasteiger partial charge in [0.15, 0.2) is 6.61 Å². The van der Waals surface area contributed by atoms with E-state index < -0.39 is 0 Å². The van der Waals surface area contributed by atoms with Gasteiger partial charge in [0, 0.05) is 5.69 Å². The summed E-state index contributed by atoms with van der Waals surface area (Å²) in [5.41, 5.74) is 1.95. The molecule has 1 amide bonds. The van der Waals surface area contributed by atoms with Gasteiger partial charge in [0.1, 0.15) is 11.6 Å². The van der Waals surface area contributed by atoms with Gasteiger partial charge in [-0.3, -0.25) is 4.79 Å². The number of benzene rings is 2. The van der Waals surface area contributed by atoms with Crippen LogP contribution in [0.4, 0.5) is 10.1 Å². The van der Waals surface area contributed by atoms with Gasteiger partial charge in [-0.1, -0.05) is 26.0 Å². The highest BCUT2D eigenvalue weighted by molar-refractivity contribution is 5.91. The van der Waals surface area contributed by atoms with Gasteiger partial charge in [-0.25, -0.2) is 4.39 Å². The highest BCUT2D eigenvalue weighted by atomic mass is 19.1. The van der Waals surface area contributed by atoms with E-state index in [9.17, 15) is 9.18 Å². The summed E-state index contributed by atoms with van der Waals surface area (Å²) in [7, 11) is 0. The van der Waals surface area contributed by atoms with E-state index in [4.69, 9.17) is 4.74 Å². The minimum atomic E-state index is -0.336. The summed E-state index contributed by atoms with van der Waals surface area (Å²) in [4.78, 5) is 11.8. The van der Waals surface area contributed by atoms with Gasteiger partial charge in [-0.05, 0) is 47.9 Å². The molecule has 4 heteroatoms. The second kappa shape index (κ2) is 6.88. The Bertz CT molecular complexity index is 591. The molecule has 0 fully saturated rings. The van der Waals surface area contributed by atoms with E-state index in [1.807, 2.05) is 24.3 Å². The average molecular weight is 287 g/mol. The Morgan fingerprint density at radius 2 is 1.71 bits per heavy atom. The van der Waals surface area contributed by atoms with Crippen molar-refractivity contribution in [3.63, 3.8) is 0 Å². The van der Waals surface area contributed by atoms with Crippen molar-refractivity contribution in [1.29, 1.82) is 0 Å². The van der Waals surface area contributed by atoms with Crippen molar-refractivity contribution in [1.82, 2.24) is 0 Å². The molecule has 0 spiro atoms. The first-order valence-electron chi connectivity index (χ1n) is 6.83. The first-order chi connectivity index (χ1) is 10.0. The summed E-state index contributed by atoms with van der Waals surface area (Å²) >= 11 is 0. The number of hydrogen-bond donors (Lipinski definition) is 1. The van der Waals surface area contributed by atoms with Crippen LogP contribution in [-0.4, -0.2) is 12.5 Å². The molecule has 0 atom stereocenters. The number of rotatable bonds is 5. The number of hydrogen-bond acceptors (Lipinski definition) is 2. The van der Waals surface area contributed by atoms with Gasteiger partial charge < -0.3 is 10.1 Å². The molecule has 0 radical (unpaired) electrons. The highest BCUT2D eigenvalue weighted by Crippen LogP contribution is 2.17. The second-order valence-electron chi connectivity index (χ2n) is 5.07. The lowest BCUT2D eigenvalue weighted by molar-refractivity contribution is -0.118. The Kier molecular flexibility index (Phi) is 4.93. The van der Waals surface area contributed by atoms with Crippen LogP contribution in [0, 0.1) is 5.82 Å². The Morgan fingerprint density at radius 3 is 2.29 bits per heavy atom. The minimum Gasteiger partial charge on any atom is -0.484 e. The first kappa shape index (κ1) is 15.0. The molecule has 0 saturated carbocycles. The van der Waals surface area contributed by atoms with Crippen molar-refractivity contribution in [2.75, 3.05) is 11.9 Å². The van der Waals surface area contributed by atoms with Crippen molar-refractivity contribution >= 4 is 11.6 Å². The normalized spacial score (nSPS) is 10.5. The zero-order chi connectivity index (χ0) is 15.2. The van der Waals surface area contributed by atoms with E-state index in [0.29, 0.717) is 11.7 Å². The Morgan fingerprint density at radius 1 is 1.10 bits per heavy atom. The van der Waals surface area contributed by atoms with Crippen LogP contribution in [0.3, 0.4) is 0 Å². The number of carbonyl (C=O) groups excluding carboxylic acids is 1. The molecular weight excluding hydrogens is 269 g/mol. The molecule has 0 heterocycles. The fourth-order valence-corrected chi connectivity index (χ4v) is 1.83. The van der Waals surface area contributed by atoms with Crippen LogP contribution in [0.15, 0.2) is 48.5 Å². The maximum Gasteiger partial charge on any atom is 0.262 e. The lowest BCUT2D eigenvalue weighted by atomic mass is 10.0. The highest BCUT2D eigenvalue weighted by Gasteiger charge is 2.05. The summed E-state index contributed by atoms with van der Waals surface area (Å²) in [6.45, 7) is 4.12. The van der Waals surface area contributed by atoms with E-state index >= 15 is 0 Å². The molecule has 1 N–H and O–H groups in total. The number of anilines is 1. The van der Waals surface area contributed by atoms with Crippen molar-refractivity contribution < 1.29 is 13.9 Å². The Hall–Kier alpha value is -2.36.